The molecule has 0 spiro atoms. The van der Waals surface area contributed by atoms with Crippen molar-refractivity contribution in [3.05, 3.63) is 134 Å². The minimum absolute atomic E-state index is 0.604. The molecule has 6 aromatic rings. The molecule has 0 atom stereocenters. The van der Waals surface area contributed by atoms with Crippen LogP contribution in [-0.2, 0) is 0 Å². The molecule has 0 amide bonds. The zero-order chi connectivity index (χ0) is 25.9. The molecule has 0 radical (unpaired) electrons. The molecule has 0 unspecified atom stereocenters. The van der Waals surface area contributed by atoms with Gasteiger partial charge in [0.2, 0.25) is 0 Å². The summed E-state index contributed by atoms with van der Waals surface area (Å²) in [6.45, 7) is 6.32. The van der Waals surface area contributed by atoms with Crippen molar-refractivity contribution >= 4 is 33.3 Å². The molecule has 0 bridgehead atoms. The van der Waals surface area contributed by atoms with E-state index in [1.165, 1.54) is 0 Å². The van der Waals surface area contributed by atoms with Gasteiger partial charge < -0.3 is 0 Å². The maximum atomic E-state index is 4.97. The van der Waals surface area contributed by atoms with Crippen LogP contribution in [0.4, 0.5) is 0 Å². The molecule has 38 heavy (non-hydrogen) atoms. The van der Waals surface area contributed by atoms with E-state index in [0.717, 1.165) is 55.9 Å². The van der Waals surface area contributed by atoms with Gasteiger partial charge in [-0.15, -0.1) is 0 Å². The molecule has 4 heterocycles. The van der Waals surface area contributed by atoms with Crippen molar-refractivity contribution in [2.45, 2.75) is 6.92 Å². The number of benzene rings is 2. The quantitative estimate of drug-likeness (QED) is 0.223. The lowest BCUT2D eigenvalue weighted by atomic mass is 10.1. The van der Waals surface area contributed by atoms with Crippen molar-refractivity contribution in [3.8, 4) is 22.6 Å². The van der Waals surface area contributed by atoms with Gasteiger partial charge in [0, 0.05) is 28.7 Å². The Kier molecular flexibility index (Phi) is 6.16. The highest BCUT2D eigenvalue weighted by Gasteiger charge is 2.14. The van der Waals surface area contributed by atoms with Crippen LogP contribution in [0.25, 0.3) is 50.3 Å². The highest BCUT2D eigenvalue weighted by Crippen LogP contribution is 2.31. The van der Waals surface area contributed by atoms with Crippen LogP contribution in [0.15, 0.2) is 133 Å². The average Bonchev–Trinajstić information content (AvgIpc) is 3.32. The second kappa shape index (κ2) is 10.1. The summed E-state index contributed by atoms with van der Waals surface area (Å²) in [6, 6.07) is 32.3. The molecule has 6 rings (SSSR count). The third kappa shape index (κ3) is 4.31. The number of aromatic nitrogens is 4. The molecule has 0 aliphatic carbocycles. The normalized spacial score (nSPS) is 12.0. The Morgan fingerprint density at radius 3 is 2.29 bits per heavy atom. The van der Waals surface area contributed by atoms with Crippen molar-refractivity contribution in [3.63, 3.8) is 0 Å². The fourth-order valence-electron chi connectivity index (χ4n) is 4.69. The summed E-state index contributed by atoms with van der Waals surface area (Å²) < 4.78 is 2.07. The van der Waals surface area contributed by atoms with Gasteiger partial charge in [-0.25, -0.2) is 15.0 Å². The van der Waals surface area contributed by atoms with E-state index in [-0.39, 0.29) is 0 Å². The highest BCUT2D eigenvalue weighted by molar-refractivity contribution is 6.12. The van der Waals surface area contributed by atoms with E-state index in [1.54, 1.807) is 6.20 Å². The SMILES string of the molecule is C=C(/N=C(\C=C/C)c1cccc(-c2cccc(-c3ccccc3)n2)n1)n1c2ccccc2c2cnccc21. The van der Waals surface area contributed by atoms with Crippen LogP contribution >= 0.6 is 0 Å². The van der Waals surface area contributed by atoms with Crippen LogP contribution in [0.2, 0.25) is 0 Å². The number of hydrogen-bond acceptors (Lipinski definition) is 4. The molecule has 4 aromatic heterocycles. The Hall–Kier alpha value is -5.16. The predicted octanol–water partition coefficient (Wildman–Crippen LogP) is 7.81. The number of fused-ring (bicyclic) bond motifs is 3. The molecule has 0 N–H and O–H groups in total. The van der Waals surface area contributed by atoms with Gasteiger partial charge in [-0.1, -0.05) is 73.3 Å². The molecule has 182 valence electrons. The third-order valence-corrected chi connectivity index (χ3v) is 6.40. The van der Waals surface area contributed by atoms with E-state index in [4.69, 9.17) is 15.0 Å². The number of para-hydroxylation sites is 1. The van der Waals surface area contributed by atoms with Crippen LogP contribution in [0.5, 0.6) is 0 Å². The molecule has 0 aliphatic heterocycles. The van der Waals surface area contributed by atoms with E-state index < -0.39 is 0 Å². The summed E-state index contributed by atoms with van der Waals surface area (Å²) >= 11 is 0. The maximum absolute atomic E-state index is 4.97. The van der Waals surface area contributed by atoms with Gasteiger partial charge in [0.25, 0.3) is 0 Å². The van der Waals surface area contributed by atoms with Crippen LogP contribution in [0, 0.1) is 0 Å². The molecular formula is C33H25N5. The fraction of sp³-hybridized carbons (Fsp3) is 0.0303. The van der Waals surface area contributed by atoms with E-state index in [9.17, 15) is 0 Å². The summed E-state index contributed by atoms with van der Waals surface area (Å²) in [6.07, 6.45) is 7.61. The minimum atomic E-state index is 0.604. The van der Waals surface area contributed by atoms with Crippen molar-refractivity contribution in [1.29, 1.82) is 0 Å². The Balaban J connectivity index is 1.42. The summed E-state index contributed by atoms with van der Waals surface area (Å²) in [5.41, 5.74) is 7.08. The van der Waals surface area contributed by atoms with Crippen LogP contribution in [-0.4, -0.2) is 25.2 Å². The maximum Gasteiger partial charge on any atom is 0.131 e. The van der Waals surface area contributed by atoms with Gasteiger partial charge >= 0.3 is 0 Å². The van der Waals surface area contributed by atoms with Gasteiger partial charge in [-0.2, -0.15) is 0 Å². The van der Waals surface area contributed by atoms with Gasteiger partial charge in [-0.3, -0.25) is 9.55 Å². The molecule has 0 saturated carbocycles. The molecule has 0 fully saturated rings. The molecule has 0 aliphatic rings. The first-order chi connectivity index (χ1) is 18.7. The lowest BCUT2D eigenvalue weighted by Gasteiger charge is -2.10. The van der Waals surface area contributed by atoms with Crippen molar-refractivity contribution < 1.29 is 0 Å². The second-order valence-electron chi connectivity index (χ2n) is 8.84. The number of hydrogen-bond donors (Lipinski definition) is 0. The first-order valence-corrected chi connectivity index (χ1v) is 12.5. The van der Waals surface area contributed by atoms with Crippen LogP contribution < -0.4 is 0 Å². The molecular weight excluding hydrogens is 466 g/mol. The Labute approximate surface area is 221 Å². The third-order valence-electron chi connectivity index (χ3n) is 6.40. The minimum Gasteiger partial charge on any atom is -0.294 e. The number of allylic oxidation sites excluding steroid dienone is 2. The van der Waals surface area contributed by atoms with Gasteiger partial charge in [-0.05, 0) is 49.4 Å². The molecule has 5 nitrogen and oxygen atoms in total. The van der Waals surface area contributed by atoms with Crippen molar-refractivity contribution in [1.82, 2.24) is 19.5 Å². The van der Waals surface area contributed by atoms with Gasteiger partial charge in [0.1, 0.15) is 5.82 Å². The second-order valence-corrected chi connectivity index (χ2v) is 8.84. The Bertz CT molecular complexity index is 1790. The predicted molar refractivity (Wildman–Crippen MR) is 157 cm³/mol. The van der Waals surface area contributed by atoms with Crippen molar-refractivity contribution in [2.24, 2.45) is 4.99 Å². The summed E-state index contributed by atoms with van der Waals surface area (Å²) in [7, 11) is 0. The van der Waals surface area contributed by atoms with Gasteiger partial charge in [0.15, 0.2) is 0 Å². The van der Waals surface area contributed by atoms with Crippen molar-refractivity contribution in [2.75, 3.05) is 0 Å². The molecule has 0 saturated heterocycles. The lowest BCUT2D eigenvalue weighted by molar-refractivity contribution is 1.17. The first kappa shape index (κ1) is 23.3. The van der Waals surface area contributed by atoms with E-state index >= 15 is 0 Å². The Morgan fingerprint density at radius 1 is 0.737 bits per heavy atom. The zero-order valence-corrected chi connectivity index (χ0v) is 21.0. The van der Waals surface area contributed by atoms with E-state index in [2.05, 4.69) is 40.4 Å². The number of pyridine rings is 3. The van der Waals surface area contributed by atoms with Gasteiger partial charge in [0.05, 0.1) is 39.5 Å². The van der Waals surface area contributed by atoms with Crippen LogP contribution in [0.3, 0.4) is 0 Å². The number of rotatable bonds is 6. The molecule has 5 heteroatoms. The first-order valence-electron chi connectivity index (χ1n) is 12.5. The summed E-state index contributed by atoms with van der Waals surface area (Å²) in [5.74, 6) is 0.604. The highest BCUT2D eigenvalue weighted by atomic mass is 15.1. The number of aliphatic imine (C=N–C) groups is 1. The van der Waals surface area contributed by atoms with Crippen LogP contribution in [0.1, 0.15) is 12.6 Å². The van der Waals surface area contributed by atoms with E-state index in [0.29, 0.717) is 5.82 Å². The average molecular weight is 492 g/mol. The number of nitrogens with zero attached hydrogens (tertiary/aromatic N) is 5. The summed E-state index contributed by atoms with van der Waals surface area (Å²) in [5, 5.41) is 2.18. The topological polar surface area (TPSA) is 56.0 Å². The Morgan fingerprint density at radius 2 is 1.45 bits per heavy atom. The molecule has 2 aromatic carbocycles. The fourth-order valence-corrected chi connectivity index (χ4v) is 4.69. The zero-order valence-electron chi connectivity index (χ0n) is 21.0. The van der Waals surface area contributed by atoms with E-state index in [1.807, 2.05) is 98.1 Å². The standard InChI is InChI=1S/C33H25N5/c1-3-11-28(35-23(2)38-32-19-8-7-14-25(32)26-22-34-21-20-33(26)38)29-17-10-18-31(37-29)30-16-9-15-27(36-30)24-12-5-4-6-13-24/h3-22H,2H2,1H3/b11-3-,35-28+. The largest absolute Gasteiger partial charge is 0.294 e. The monoisotopic (exact) mass is 491 g/mol. The lowest BCUT2D eigenvalue weighted by Crippen LogP contribution is -2.04. The smallest absolute Gasteiger partial charge is 0.131 e. The summed E-state index contributed by atoms with van der Waals surface area (Å²) in [4.78, 5) is 19.1.